The summed E-state index contributed by atoms with van der Waals surface area (Å²) >= 11 is 0. The predicted octanol–water partition coefficient (Wildman–Crippen LogP) is 0.564. The van der Waals surface area contributed by atoms with E-state index in [4.69, 9.17) is 4.74 Å². The zero-order chi connectivity index (χ0) is 10.0. The second-order valence-corrected chi connectivity index (χ2v) is 4.96. The topological polar surface area (TPSA) is 24.5 Å². The first kappa shape index (κ1) is 10.4. The van der Waals surface area contributed by atoms with Crippen molar-refractivity contribution in [3.05, 3.63) is 0 Å². The average molecular weight is 198 g/mol. The third-order valence-electron chi connectivity index (χ3n) is 3.95. The Hall–Kier alpha value is -0.120. The molecule has 2 saturated heterocycles. The standard InChI is InChI=1S/C11H22N2O/c1-13-7-10(8-14-2)11(9-13)3-5-12-6-4-11/h10,12H,3-9H2,1-2H3/t10-/m1/s1. The molecule has 1 spiro atoms. The van der Waals surface area contributed by atoms with Crippen LogP contribution in [0, 0.1) is 11.3 Å². The molecule has 82 valence electrons. The number of nitrogens with one attached hydrogen (secondary N) is 1. The fraction of sp³-hybridized carbons (Fsp3) is 1.00. The van der Waals surface area contributed by atoms with Crippen molar-refractivity contribution in [3.63, 3.8) is 0 Å². The van der Waals surface area contributed by atoms with Crippen LogP contribution < -0.4 is 5.32 Å². The molecule has 0 unspecified atom stereocenters. The lowest BCUT2D eigenvalue weighted by atomic mass is 9.71. The van der Waals surface area contributed by atoms with Crippen LogP contribution in [0.1, 0.15) is 12.8 Å². The van der Waals surface area contributed by atoms with E-state index in [1.165, 1.54) is 39.0 Å². The van der Waals surface area contributed by atoms with Gasteiger partial charge in [0.25, 0.3) is 0 Å². The molecule has 3 nitrogen and oxygen atoms in total. The smallest absolute Gasteiger partial charge is 0.0508 e. The first-order valence-electron chi connectivity index (χ1n) is 5.65. The van der Waals surface area contributed by atoms with Crippen molar-refractivity contribution in [1.29, 1.82) is 0 Å². The minimum absolute atomic E-state index is 0.552. The van der Waals surface area contributed by atoms with Gasteiger partial charge in [0.05, 0.1) is 6.61 Å². The second-order valence-electron chi connectivity index (χ2n) is 4.96. The average Bonchev–Trinajstić information content (AvgIpc) is 2.45. The third-order valence-corrected chi connectivity index (χ3v) is 3.95. The summed E-state index contributed by atoms with van der Waals surface area (Å²) in [4.78, 5) is 2.47. The van der Waals surface area contributed by atoms with Gasteiger partial charge in [-0.1, -0.05) is 0 Å². The van der Waals surface area contributed by atoms with Crippen molar-refractivity contribution in [1.82, 2.24) is 10.2 Å². The van der Waals surface area contributed by atoms with Crippen LogP contribution in [0.5, 0.6) is 0 Å². The fourth-order valence-corrected chi connectivity index (χ4v) is 3.22. The molecule has 2 aliphatic heterocycles. The molecule has 0 aromatic heterocycles. The van der Waals surface area contributed by atoms with Crippen LogP contribution in [0.3, 0.4) is 0 Å². The first-order chi connectivity index (χ1) is 6.77. The van der Waals surface area contributed by atoms with Crippen molar-refractivity contribution in [2.75, 3.05) is 46.9 Å². The van der Waals surface area contributed by atoms with Gasteiger partial charge in [0.15, 0.2) is 0 Å². The van der Waals surface area contributed by atoms with Crippen molar-refractivity contribution < 1.29 is 4.74 Å². The highest BCUT2D eigenvalue weighted by Crippen LogP contribution is 2.42. The number of hydrogen-bond acceptors (Lipinski definition) is 3. The summed E-state index contributed by atoms with van der Waals surface area (Å²) in [6, 6.07) is 0. The highest BCUT2D eigenvalue weighted by atomic mass is 16.5. The van der Waals surface area contributed by atoms with Gasteiger partial charge in [-0.15, -0.1) is 0 Å². The van der Waals surface area contributed by atoms with Crippen LogP contribution >= 0.6 is 0 Å². The molecule has 1 N–H and O–H groups in total. The van der Waals surface area contributed by atoms with Crippen molar-refractivity contribution >= 4 is 0 Å². The van der Waals surface area contributed by atoms with Gasteiger partial charge in [0.1, 0.15) is 0 Å². The number of hydrogen-bond donors (Lipinski definition) is 1. The summed E-state index contributed by atoms with van der Waals surface area (Å²) in [5.41, 5.74) is 0.552. The minimum atomic E-state index is 0.552. The molecular formula is C11H22N2O. The van der Waals surface area contributed by atoms with Gasteiger partial charge in [-0.2, -0.15) is 0 Å². The number of piperidine rings is 1. The Morgan fingerprint density at radius 3 is 2.79 bits per heavy atom. The third kappa shape index (κ3) is 1.81. The normalized spacial score (nSPS) is 32.6. The molecule has 0 radical (unpaired) electrons. The van der Waals surface area contributed by atoms with Gasteiger partial charge in [-0.3, -0.25) is 0 Å². The molecule has 14 heavy (non-hydrogen) atoms. The molecule has 2 fully saturated rings. The largest absolute Gasteiger partial charge is 0.384 e. The van der Waals surface area contributed by atoms with Gasteiger partial charge in [0.2, 0.25) is 0 Å². The molecule has 0 aromatic rings. The number of nitrogens with zero attached hydrogens (tertiary/aromatic N) is 1. The van der Waals surface area contributed by atoms with E-state index >= 15 is 0 Å². The van der Waals surface area contributed by atoms with Crippen LogP contribution in [0.4, 0.5) is 0 Å². The summed E-state index contributed by atoms with van der Waals surface area (Å²) in [6.45, 7) is 5.79. The lowest BCUT2D eigenvalue weighted by Gasteiger charge is -2.38. The highest BCUT2D eigenvalue weighted by Gasteiger charge is 2.45. The van der Waals surface area contributed by atoms with Gasteiger partial charge in [-0.05, 0) is 38.4 Å². The number of methoxy groups -OCH3 is 1. The zero-order valence-electron chi connectivity index (χ0n) is 9.38. The molecule has 1 atom stereocenters. The van der Waals surface area contributed by atoms with Crippen LogP contribution in [0.2, 0.25) is 0 Å². The first-order valence-corrected chi connectivity index (χ1v) is 5.65. The van der Waals surface area contributed by atoms with Crippen LogP contribution in [0.25, 0.3) is 0 Å². The molecule has 0 aromatic carbocycles. The molecule has 2 heterocycles. The van der Waals surface area contributed by atoms with Crippen LogP contribution in [-0.2, 0) is 4.74 Å². The number of likely N-dealkylation sites (tertiary alicyclic amines) is 1. The Bertz CT molecular complexity index is 190. The van der Waals surface area contributed by atoms with Crippen molar-refractivity contribution in [2.24, 2.45) is 11.3 Å². The van der Waals surface area contributed by atoms with E-state index in [-0.39, 0.29) is 0 Å². The Morgan fingerprint density at radius 1 is 1.43 bits per heavy atom. The number of rotatable bonds is 2. The van der Waals surface area contributed by atoms with E-state index in [1.807, 2.05) is 7.11 Å². The predicted molar refractivity (Wildman–Crippen MR) is 57.4 cm³/mol. The van der Waals surface area contributed by atoms with Gasteiger partial charge in [-0.25, -0.2) is 0 Å². The molecular weight excluding hydrogens is 176 g/mol. The highest BCUT2D eigenvalue weighted by molar-refractivity contribution is 4.98. The Labute approximate surface area is 86.8 Å². The molecule has 2 aliphatic rings. The molecule has 0 saturated carbocycles. The SMILES string of the molecule is COC[C@H]1CN(C)CC12CCNCC2. The number of ether oxygens (including phenoxy) is 1. The molecule has 0 aliphatic carbocycles. The maximum atomic E-state index is 5.35. The minimum Gasteiger partial charge on any atom is -0.384 e. The van der Waals surface area contributed by atoms with Crippen molar-refractivity contribution in [2.45, 2.75) is 12.8 Å². The van der Waals surface area contributed by atoms with E-state index in [9.17, 15) is 0 Å². The van der Waals surface area contributed by atoms with Crippen LogP contribution in [-0.4, -0.2) is 51.8 Å². The van der Waals surface area contributed by atoms with Gasteiger partial charge < -0.3 is 15.0 Å². The van der Waals surface area contributed by atoms with Gasteiger partial charge >= 0.3 is 0 Å². The molecule has 2 rings (SSSR count). The van der Waals surface area contributed by atoms with E-state index in [2.05, 4.69) is 17.3 Å². The summed E-state index contributed by atoms with van der Waals surface area (Å²) in [5.74, 6) is 0.750. The molecule has 3 heteroatoms. The fourth-order valence-electron chi connectivity index (χ4n) is 3.22. The maximum Gasteiger partial charge on any atom is 0.0508 e. The summed E-state index contributed by atoms with van der Waals surface area (Å²) in [6.07, 6.45) is 2.65. The van der Waals surface area contributed by atoms with E-state index < -0.39 is 0 Å². The summed E-state index contributed by atoms with van der Waals surface area (Å²) < 4.78 is 5.35. The second kappa shape index (κ2) is 4.17. The Morgan fingerprint density at radius 2 is 2.14 bits per heavy atom. The van der Waals surface area contributed by atoms with Crippen LogP contribution in [0.15, 0.2) is 0 Å². The quantitative estimate of drug-likeness (QED) is 0.702. The maximum absolute atomic E-state index is 5.35. The lowest BCUT2D eigenvalue weighted by molar-refractivity contribution is 0.0717. The van der Waals surface area contributed by atoms with E-state index in [0.717, 1.165) is 12.5 Å². The Kier molecular flexibility index (Phi) is 3.10. The van der Waals surface area contributed by atoms with Gasteiger partial charge in [0, 0.05) is 26.1 Å². The monoisotopic (exact) mass is 198 g/mol. The zero-order valence-corrected chi connectivity index (χ0v) is 9.38. The molecule has 0 amide bonds. The summed E-state index contributed by atoms with van der Waals surface area (Å²) in [5, 5.41) is 3.45. The lowest BCUT2D eigenvalue weighted by Crippen LogP contribution is -2.43. The van der Waals surface area contributed by atoms with Crippen molar-refractivity contribution in [3.8, 4) is 0 Å². The van der Waals surface area contributed by atoms with E-state index in [0.29, 0.717) is 5.41 Å². The molecule has 0 bridgehead atoms. The summed E-state index contributed by atoms with van der Waals surface area (Å²) in [7, 11) is 4.06. The Balaban J connectivity index is 2.05. The van der Waals surface area contributed by atoms with E-state index in [1.54, 1.807) is 0 Å².